The number of nitrogens with zero attached hydrogens (tertiary/aromatic N) is 2. The summed E-state index contributed by atoms with van der Waals surface area (Å²) in [5, 5.41) is 8.26. The second-order valence-corrected chi connectivity index (χ2v) is 8.55. The number of anilines is 1. The van der Waals surface area contributed by atoms with E-state index in [1.165, 1.54) is 23.8 Å². The van der Waals surface area contributed by atoms with Gasteiger partial charge in [0.05, 0.1) is 11.7 Å². The Labute approximate surface area is 193 Å². The molecule has 0 radical (unpaired) electrons. The van der Waals surface area contributed by atoms with E-state index in [2.05, 4.69) is 34.4 Å². The number of hydrogen-bond donors (Lipinski definition) is 2. The summed E-state index contributed by atoms with van der Waals surface area (Å²) in [5.41, 5.74) is 4.59. The van der Waals surface area contributed by atoms with Gasteiger partial charge >= 0.3 is 0 Å². The third-order valence-corrected chi connectivity index (χ3v) is 6.13. The van der Waals surface area contributed by atoms with Gasteiger partial charge in [0.1, 0.15) is 0 Å². The fourth-order valence-electron chi connectivity index (χ4n) is 3.43. The van der Waals surface area contributed by atoms with Crippen molar-refractivity contribution in [3.8, 4) is 11.3 Å². The highest BCUT2D eigenvalue weighted by atomic mass is 32.1. The van der Waals surface area contributed by atoms with Crippen molar-refractivity contribution in [1.82, 2.24) is 15.2 Å². The first-order valence-corrected chi connectivity index (χ1v) is 11.7. The van der Waals surface area contributed by atoms with Gasteiger partial charge in [-0.25, -0.2) is 4.98 Å². The zero-order chi connectivity index (χ0) is 23.1. The number of amides is 2. The van der Waals surface area contributed by atoms with Crippen molar-refractivity contribution in [3.05, 3.63) is 70.6 Å². The Morgan fingerprint density at radius 1 is 1.03 bits per heavy atom. The molecule has 0 aliphatic heterocycles. The van der Waals surface area contributed by atoms with Crippen LogP contribution in [0.1, 0.15) is 55.2 Å². The molecule has 32 heavy (non-hydrogen) atoms. The SMILES string of the molecule is CCN(CC)Cc1ccc(C(=O)Nc2nc(-c3ccc(C(C)NC(C)=O)cc3)cs2)cc1. The summed E-state index contributed by atoms with van der Waals surface area (Å²) in [6.07, 6.45) is 0. The Bertz CT molecular complexity index is 1040. The molecule has 1 heterocycles. The second kappa shape index (κ2) is 11.0. The quantitative estimate of drug-likeness (QED) is 0.476. The Morgan fingerprint density at radius 3 is 2.28 bits per heavy atom. The van der Waals surface area contributed by atoms with Gasteiger partial charge in [-0.3, -0.25) is 19.8 Å². The van der Waals surface area contributed by atoms with Gasteiger partial charge in [0.15, 0.2) is 5.13 Å². The zero-order valence-corrected chi connectivity index (χ0v) is 19.8. The molecule has 3 aromatic rings. The Balaban J connectivity index is 1.62. The molecule has 1 atom stereocenters. The minimum atomic E-state index is -0.167. The molecule has 0 aliphatic carbocycles. The fraction of sp³-hybridized carbons (Fsp3) is 0.320. The first-order chi connectivity index (χ1) is 15.4. The summed E-state index contributed by atoms with van der Waals surface area (Å²) in [4.78, 5) is 30.8. The molecule has 2 N–H and O–H groups in total. The van der Waals surface area contributed by atoms with Crippen LogP contribution in [0.25, 0.3) is 11.3 Å². The second-order valence-electron chi connectivity index (χ2n) is 7.69. The van der Waals surface area contributed by atoms with Crippen LogP contribution in [-0.2, 0) is 11.3 Å². The molecule has 7 heteroatoms. The number of carbonyl (C=O) groups is 2. The van der Waals surface area contributed by atoms with Crippen LogP contribution >= 0.6 is 11.3 Å². The van der Waals surface area contributed by atoms with Crippen LogP contribution in [0.3, 0.4) is 0 Å². The largest absolute Gasteiger partial charge is 0.350 e. The molecule has 6 nitrogen and oxygen atoms in total. The van der Waals surface area contributed by atoms with E-state index in [9.17, 15) is 9.59 Å². The molecule has 2 aromatic carbocycles. The lowest BCUT2D eigenvalue weighted by atomic mass is 10.1. The molecule has 0 bridgehead atoms. The minimum Gasteiger partial charge on any atom is -0.350 e. The first-order valence-electron chi connectivity index (χ1n) is 10.8. The summed E-state index contributed by atoms with van der Waals surface area (Å²) in [6.45, 7) is 10.6. The Hall–Kier alpha value is -3.03. The lowest BCUT2D eigenvalue weighted by molar-refractivity contribution is -0.119. The predicted octanol–water partition coefficient (Wildman–Crippen LogP) is 5.10. The van der Waals surface area contributed by atoms with Crippen LogP contribution < -0.4 is 10.6 Å². The van der Waals surface area contributed by atoms with Crippen molar-refractivity contribution in [2.24, 2.45) is 0 Å². The summed E-state index contributed by atoms with van der Waals surface area (Å²) >= 11 is 1.40. The third-order valence-electron chi connectivity index (χ3n) is 5.37. The van der Waals surface area contributed by atoms with Gasteiger partial charge in [0.25, 0.3) is 5.91 Å². The number of hydrogen-bond acceptors (Lipinski definition) is 5. The molecule has 1 aromatic heterocycles. The van der Waals surface area contributed by atoms with Crippen molar-refractivity contribution in [1.29, 1.82) is 0 Å². The van der Waals surface area contributed by atoms with Gasteiger partial charge in [-0.2, -0.15) is 0 Å². The van der Waals surface area contributed by atoms with E-state index in [-0.39, 0.29) is 17.9 Å². The van der Waals surface area contributed by atoms with Crippen molar-refractivity contribution >= 4 is 28.3 Å². The van der Waals surface area contributed by atoms with Crippen LogP contribution in [0.2, 0.25) is 0 Å². The van der Waals surface area contributed by atoms with Crippen molar-refractivity contribution in [2.45, 2.75) is 40.3 Å². The monoisotopic (exact) mass is 450 g/mol. The number of thiazole rings is 1. The predicted molar refractivity (Wildman–Crippen MR) is 131 cm³/mol. The maximum atomic E-state index is 12.6. The van der Waals surface area contributed by atoms with Crippen LogP contribution in [0.5, 0.6) is 0 Å². The van der Waals surface area contributed by atoms with Crippen LogP contribution in [0, 0.1) is 0 Å². The van der Waals surface area contributed by atoms with E-state index in [1.54, 1.807) is 0 Å². The molecule has 0 spiro atoms. The van der Waals surface area contributed by atoms with Crippen molar-refractivity contribution in [3.63, 3.8) is 0 Å². The molecular formula is C25H30N4O2S. The van der Waals surface area contributed by atoms with Crippen LogP contribution in [-0.4, -0.2) is 34.8 Å². The van der Waals surface area contributed by atoms with E-state index >= 15 is 0 Å². The molecule has 0 fully saturated rings. The molecule has 168 valence electrons. The number of aromatic nitrogens is 1. The highest BCUT2D eigenvalue weighted by Crippen LogP contribution is 2.26. The van der Waals surface area contributed by atoms with Gasteiger partial charge in [-0.05, 0) is 43.3 Å². The van der Waals surface area contributed by atoms with Gasteiger partial charge in [0, 0.05) is 30.0 Å². The molecule has 2 amide bonds. The van der Waals surface area contributed by atoms with E-state index in [4.69, 9.17) is 0 Å². The zero-order valence-electron chi connectivity index (χ0n) is 19.0. The average Bonchev–Trinajstić information content (AvgIpc) is 3.26. The standard InChI is InChI=1S/C25H30N4O2S/c1-5-29(6-2)15-19-7-9-22(10-8-19)24(31)28-25-27-23(16-32-25)21-13-11-20(12-14-21)17(3)26-18(4)30/h7-14,16-17H,5-6,15H2,1-4H3,(H,26,30)(H,27,28,31). The lowest BCUT2D eigenvalue weighted by Gasteiger charge is -2.17. The average molecular weight is 451 g/mol. The van der Waals surface area contributed by atoms with Gasteiger partial charge in [0.2, 0.25) is 5.91 Å². The molecule has 0 saturated heterocycles. The van der Waals surface area contributed by atoms with Crippen LogP contribution in [0.15, 0.2) is 53.9 Å². The van der Waals surface area contributed by atoms with Crippen molar-refractivity contribution < 1.29 is 9.59 Å². The number of nitrogens with one attached hydrogen (secondary N) is 2. The Kier molecular flexibility index (Phi) is 8.14. The van der Waals surface area contributed by atoms with Gasteiger partial charge in [-0.15, -0.1) is 11.3 Å². The van der Waals surface area contributed by atoms with E-state index < -0.39 is 0 Å². The first kappa shape index (κ1) is 23.6. The summed E-state index contributed by atoms with van der Waals surface area (Å²) in [6, 6.07) is 15.6. The molecule has 3 rings (SSSR count). The number of benzene rings is 2. The smallest absolute Gasteiger partial charge is 0.257 e. The number of carbonyl (C=O) groups excluding carboxylic acids is 2. The summed E-state index contributed by atoms with van der Waals surface area (Å²) < 4.78 is 0. The van der Waals surface area contributed by atoms with Gasteiger partial charge in [-0.1, -0.05) is 50.2 Å². The molecular weight excluding hydrogens is 420 g/mol. The van der Waals surface area contributed by atoms with E-state index in [0.29, 0.717) is 10.7 Å². The summed E-state index contributed by atoms with van der Waals surface area (Å²) in [5.74, 6) is -0.222. The van der Waals surface area contributed by atoms with E-state index in [1.807, 2.05) is 60.8 Å². The van der Waals surface area contributed by atoms with Gasteiger partial charge < -0.3 is 5.32 Å². The maximum absolute atomic E-state index is 12.6. The third kappa shape index (κ3) is 6.24. The lowest BCUT2D eigenvalue weighted by Crippen LogP contribution is -2.23. The topological polar surface area (TPSA) is 74.3 Å². The Morgan fingerprint density at radius 2 is 1.69 bits per heavy atom. The fourth-order valence-corrected chi connectivity index (χ4v) is 4.15. The minimum absolute atomic E-state index is 0.0507. The molecule has 1 unspecified atom stereocenters. The van der Waals surface area contributed by atoms with Crippen molar-refractivity contribution in [2.75, 3.05) is 18.4 Å². The summed E-state index contributed by atoms with van der Waals surface area (Å²) in [7, 11) is 0. The van der Waals surface area contributed by atoms with Crippen LogP contribution in [0.4, 0.5) is 5.13 Å². The normalized spacial score (nSPS) is 11.9. The van der Waals surface area contributed by atoms with E-state index in [0.717, 1.165) is 36.5 Å². The maximum Gasteiger partial charge on any atom is 0.257 e. The molecule has 0 saturated carbocycles. The highest BCUT2D eigenvalue weighted by Gasteiger charge is 2.12. The highest BCUT2D eigenvalue weighted by molar-refractivity contribution is 7.14. The number of rotatable bonds is 9. The molecule has 0 aliphatic rings.